The molecule has 0 bridgehead atoms. The highest BCUT2D eigenvalue weighted by Gasteiger charge is 2.30. The fourth-order valence-electron chi connectivity index (χ4n) is 4.18. The van der Waals surface area contributed by atoms with Gasteiger partial charge in [-0.05, 0) is 47.5 Å². The number of rotatable bonds is 9. The second-order valence-corrected chi connectivity index (χ2v) is 10.6. The smallest absolute Gasteiger partial charge is 0.243 e. The van der Waals surface area contributed by atoms with Crippen LogP contribution >= 0.6 is 0 Å². The van der Waals surface area contributed by atoms with Crippen LogP contribution in [0.5, 0.6) is 5.75 Å². The molecule has 7 nitrogen and oxygen atoms in total. The van der Waals surface area contributed by atoms with Crippen LogP contribution in [-0.2, 0) is 21.4 Å². The van der Waals surface area contributed by atoms with Gasteiger partial charge in [-0.15, -0.1) is 0 Å². The Morgan fingerprint density at radius 2 is 1.65 bits per heavy atom. The molecule has 10 heteroatoms. The minimum atomic E-state index is -4.02. The number of piperazine rings is 1. The predicted octanol–water partition coefficient (Wildman–Crippen LogP) is 4.11. The summed E-state index contributed by atoms with van der Waals surface area (Å²) in [5.74, 6) is -1.17. The van der Waals surface area contributed by atoms with E-state index >= 15 is 0 Å². The summed E-state index contributed by atoms with van der Waals surface area (Å²) in [7, 11) is -2.42. The van der Waals surface area contributed by atoms with Gasteiger partial charge in [0.15, 0.2) is 0 Å². The zero-order valence-electron chi connectivity index (χ0n) is 20.3. The van der Waals surface area contributed by atoms with Crippen LogP contribution in [0.2, 0.25) is 0 Å². The number of methoxy groups -OCH3 is 1. The van der Waals surface area contributed by atoms with Crippen molar-refractivity contribution in [2.24, 2.45) is 0 Å². The van der Waals surface area contributed by atoms with E-state index in [9.17, 15) is 17.2 Å². The van der Waals surface area contributed by atoms with Crippen molar-refractivity contribution < 1.29 is 26.7 Å². The molecule has 0 radical (unpaired) electrons. The van der Waals surface area contributed by atoms with Gasteiger partial charge in [-0.2, -0.15) is 9.57 Å². The molecule has 0 N–H and O–H groups in total. The van der Waals surface area contributed by atoms with Gasteiger partial charge in [0, 0.05) is 38.8 Å². The average molecular weight is 528 g/mol. The summed E-state index contributed by atoms with van der Waals surface area (Å²) in [5, 5.41) is 9.01. The van der Waals surface area contributed by atoms with Gasteiger partial charge in [0.25, 0.3) is 0 Å². The molecule has 194 valence electrons. The molecule has 0 saturated carbocycles. The molecule has 0 aromatic heterocycles. The second kappa shape index (κ2) is 11.8. The van der Waals surface area contributed by atoms with E-state index in [0.717, 1.165) is 23.3 Å². The number of nitrogens with zero attached hydrogens (tertiary/aromatic N) is 3. The molecule has 1 atom stereocenters. The van der Waals surface area contributed by atoms with Crippen LogP contribution in [-0.4, -0.2) is 57.5 Å². The molecule has 0 amide bonds. The Bertz CT molecular complexity index is 1350. The van der Waals surface area contributed by atoms with Gasteiger partial charge in [0.1, 0.15) is 17.4 Å². The van der Waals surface area contributed by atoms with Crippen LogP contribution < -0.4 is 4.74 Å². The number of ether oxygens (including phenoxy) is 2. The molecule has 4 rings (SSSR count). The maximum Gasteiger partial charge on any atom is 0.243 e. The standard InChI is InChI=1S/C27H27F2N3O4S/c1-35-25-4-2-3-22(13-25)27(36-19-21-7-5-20(17-30)6-8-21)18-31-9-11-32(12-10-31)37(33,34)26-15-23(28)14-24(29)16-26/h2-8,13-16,27H,9-12,18-19H2,1H3/t27-/m1/s1. The van der Waals surface area contributed by atoms with Gasteiger partial charge in [-0.25, -0.2) is 17.2 Å². The number of benzene rings is 3. The van der Waals surface area contributed by atoms with E-state index in [2.05, 4.69) is 11.0 Å². The molecule has 1 aliphatic rings. The zero-order valence-corrected chi connectivity index (χ0v) is 21.1. The van der Waals surface area contributed by atoms with Crippen LogP contribution in [0.15, 0.2) is 71.6 Å². The largest absolute Gasteiger partial charge is 0.497 e. The molecule has 0 aliphatic carbocycles. The Balaban J connectivity index is 1.44. The maximum absolute atomic E-state index is 13.6. The van der Waals surface area contributed by atoms with E-state index in [1.165, 1.54) is 4.31 Å². The first-order valence-corrected chi connectivity index (χ1v) is 13.2. The van der Waals surface area contributed by atoms with Crippen molar-refractivity contribution in [2.75, 3.05) is 39.8 Å². The Labute approximate surface area is 215 Å². The van der Waals surface area contributed by atoms with Crippen molar-refractivity contribution >= 4 is 10.0 Å². The molecule has 1 fully saturated rings. The summed E-state index contributed by atoms with van der Waals surface area (Å²) < 4.78 is 66.0. The van der Waals surface area contributed by atoms with Crippen LogP contribution in [0, 0.1) is 23.0 Å². The molecular formula is C27H27F2N3O4S. The molecular weight excluding hydrogens is 500 g/mol. The second-order valence-electron chi connectivity index (χ2n) is 8.69. The van der Waals surface area contributed by atoms with E-state index in [4.69, 9.17) is 14.7 Å². The number of hydrogen-bond donors (Lipinski definition) is 0. The van der Waals surface area contributed by atoms with Gasteiger partial charge in [-0.1, -0.05) is 24.3 Å². The monoisotopic (exact) mass is 527 g/mol. The summed E-state index contributed by atoms with van der Waals surface area (Å²) in [6, 6.07) is 19.2. The zero-order chi connectivity index (χ0) is 26.4. The van der Waals surface area contributed by atoms with E-state index in [1.807, 2.05) is 36.4 Å². The van der Waals surface area contributed by atoms with E-state index < -0.39 is 26.6 Å². The Morgan fingerprint density at radius 1 is 0.973 bits per heavy atom. The SMILES string of the molecule is COc1cccc([C@@H](CN2CCN(S(=O)(=O)c3cc(F)cc(F)c3)CC2)OCc2ccc(C#N)cc2)c1. The summed E-state index contributed by atoms with van der Waals surface area (Å²) in [6.07, 6.45) is -0.328. The highest BCUT2D eigenvalue weighted by atomic mass is 32.2. The third kappa shape index (κ3) is 6.70. The van der Waals surface area contributed by atoms with Crippen molar-refractivity contribution in [2.45, 2.75) is 17.6 Å². The number of halogens is 2. The molecule has 0 spiro atoms. The number of hydrogen-bond acceptors (Lipinski definition) is 6. The van der Waals surface area contributed by atoms with Crippen LogP contribution in [0.25, 0.3) is 0 Å². The Hall–Kier alpha value is -3.36. The Morgan fingerprint density at radius 3 is 2.27 bits per heavy atom. The molecule has 1 heterocycles. The van der Waals surface area contributed by atoms with Crippen LogP contribution in [0.1, 0.15) is 22.8 Å². The van der Waals surface area contributed by atoms with Crippen molar-refractivity contribution in [1.82, 2.24) is 9.21 Å². The predicted molar refractivity (Wildman–Crippen MR) is 133 cm³/mol. The summed E-state index contributed by atoms with van der Waals surface area (Å²) in [5.41, 5.74) is 2.41. The van der Waals surface area contributed by atoms with E-state index in [0.29, 0.717) is 43.6 Å². The normalized spacial score (nSPS) is 15.7. The summed E-state index contributed by atoms with van der Waals surface area (Å²) in [6.45, 7) is 2.05. The topological polar surface area (TPSA) is 82.9 Å². The molecule has 1 aliphatic heterocycles. The molecule has 37 heavy (non-hydrogen) atoms. The first kappa shape index (κ1) is 26.7. The van der Waals surface area contributed by atoms with Crippen molar-refractivity contribution in [3.8, 4) is 11.8 Å². The van der Waals surface area contributed by atoms with Gasteiger partial charge in [0.2, 0.25) is 10.0 Å². The summed E-state index contributed by atoms with van der Waals surface area (Å²) in [4.78, 5) is 1.71. The van der Waals surface area contributed by atoms with E-state index in [-0.39, 0.29) is 19.2 Å². The minimum Gasteiger partial charge on any atom is -0.497 e. The third-order valence-corrected chi connectivity index (χ3v) is 8.11. The van der Waals surface area contributed by atoms with Crippen molar-refractivity contribution in [1.29, 1.82) is 5.26 Å². The molecule has 0 unspecified atom stereocenters. The highest BCUT2D eigenvalue weighted by Crippen LogP contribution is 2.26. The maximum atomic E-state index is 13.6. The van der Waals surface area contributed by atoms with Crippen molar-refractivity contribution in [3.05, 3.63) is 95.1 Å². The van der Waals surface area contributed by atoms with Gasteiger partial charge in [0.05, 0.1) is 36.3 Å². The van der Waals surface area contributed by atoms with Crippen LogP contribution in [0.3, 0.4) is 0 Å². The van der Waals surface area contributed by atoms with Gasteiger partial charge in [-0.3, -0.25) is 4.90 Å². The minimum absolute atomic E-state index is 0.181. The Kier molecular flexibility index (Phi) is 8.51. The molecule has 3 aromatic rings. The van der Waals surface area contributed by atoms with E-state index in [1.54, 1.807) is 19.2 Å². The first-order chi connectivity index (χ1) is 17.8. The van der Waals surface area contributed by atoms with Gasteiger partial charge >= 0.3 is 0 Å². The lowest BCUT2D eigenvalue weighted by Crippen LogP contribution is -2.49. The lowest BCUT2D eigenvalue weighted by atomic mass is 10.1. The summed E-state index contributed by atoms with van der Waals surface area (Å²) >= 11 is 0. The fourth-order valence-corrected chi connectivity index (χ4v) is 5.65. The average Bonchev–Trinajstić information content (AvgIpc) is 2.91. The van der Waals surface area contributed by atoms with Crippen LogP contribution in [0.4, 0.5) is 8.78 Å². The van der Waals surface area contributed by atoms with Crippen molar-refractivity contribution in [3.63, 3.8) is 0 Å². The number of sulfonamides is 1. The lowest BCUT2D eigenvalue weighted by molar-refractivity contribution is 0.00762. The first-order valence-electron chi connectivity index (χ1n) is 11.7. The molecule has 1 saturated heterocycles. The lowest BCUT2D eigenvalue weighted by Gasteiger charge is -2.36. The fraction of sp³-hybridized carbons (Fsp3) is 0.296. The number of nitriles is 1. The van der Waals surface area contributed by atoms with Gasteiger partial charge < -0.3 is 9.47 Å². The third-order valence-electron chi connectivity index (χ3n) is 6.23. The molecule has 3 aromatic carbocycles. The quantitative estimate of drug-likeness (QED) is 0.417. The highest BCUT2D eigenvalue weighted by molar-refractivity contribution is 7.89.